The molecular weight excluding hydrogens is 304 g/mol. The van der Waals surface area contributed by atoms with Crippen molar-refractivity contribution in [3.8, 4) is 0 Å². The number of piperidine rings is 1. The van der Waals surface area contributed by atoms with E-state index in [1.807, 2.05) is 22.5 Å². The molecule has 0 aliphatic carbocycles. The third-order valence-electron chi connectivity index (χ3n) is 4.26. The van der Waals surface area contributed by atoms with E-state index >= 15 is 0 Å². The number of aliphatic hydroxyl groups excluding tert-OH is 1. The van der Waals surface area contributed by atoms with Crippen molar-refractivity contribution >= 4 is 11.6 Å². The molecule has 0 bridgehead atoms. The number of rotatable bonds is 5. The summed E-state index contributed by atoms with van der Waals surface area (Å²) in [5.41, 5.74) is 0. The van der Waals surface area contributed by atoms with Crippen LogP contribution in [0.15, 0.2) is 12.4 Å². The van der Waals surface area contributed by atoms with Crippen LogP contribution in [0.5, 0.6) is 0 Å². The van der Waals surface area contributed by atoms with Crippen molar-refractivity contribution in [2.75, 3.05) is 19.6 Å². The van der Waals surface area contributed by atoms with Crippen LogP contribution >= 0.6 is 11.6 Å². The van der Waals surface area contributed by atoms with Gasteiger partial charge in [0.15, 0.2) is 5.82 Å². The van der Waals surface area contributed by atoms with Gasteiger partial charge in [0.25, 0.3) is 0 Å². The van der Waals surface area contributed by atoms with Crippen molar-refractivity contribution in [1.82, 2.24) is 29.4 Å². The summed E-state index contributed by atoms with van der Waals surface area (Å²) >= 11 is 5.88. The Hall–Kier alpha value is -1.44. The molecular formula is C14H21ClN6O. The first-order chi connectivity index (χ1) is 10.7. The minimum absolute atomic E-state index is 0.0695. The number of aromatic nitrogens is 5. The summed E-state index contributed by atoms with van der Waals surface area (Å²) in [7, 11) is 1.92. The molecule has 1 aliphatic heterocycles. The van der Waals surface area contributed by atoms with E-state index in [0.717, 1.165) is 44.8 Å². The highest BCUT2D eigenvalue weighted by molar-refractivity contribution is 6.30. The van der Waals surface area contributed by atoms with Crippen LogP contribution in [0.4, 0.5) is 0 Å². The number of hydrogen-bond acceptors (Lipinski definition) is 5. The maximum atomic E-state index is 9.24. The van der Waals surface area contributed by atoms with Crippen molar-refractivity contribution in [3.63, 3.8) is 0 Å². The van der Waals surface area contributed by atoms with Gasteiger partial charge < -0.3 is 14.6 Å². The van der Waals surface area contributed by atoms with Gasteiger partial charge in [-0.05, 0) is 19.4 Å². The van der Waals surface area contributed by atoms with Gasteiger partial charge in [0.05, 0.1) is 17.8 Å². The SMILES string of the molecule is Cn1c(CO)nnc1C1CCCN(CCn2cc(Cl)cn2)C1. The summed E-state index contributed by atoms with van der Waals surface area (Å²) in [5, 5.41) is 22.4. The van der Waals surface area contributed by atoms with Gasteiger partial charge in [-0.2, -0.15) is 5.10 Å². The topological polar surface area (TPSA) is 72.0 Å². The lowest BCUT2D eigenvalue weighted by Gasteiger charge is -2.32. The smallest absolute Gasteiger partial charge is 0.158 e. The Morgan fingerprint density at radius 3 is 2.91 bits per heavy atom. The number of likely N-dealkylation sites (tertiary alicyclic amines) is 1. The van der Waals surface area contributed by atoms with Crippen molar-refractivity contribution in [3.05, 3.63) is 29.1 Å². The molecule has 1 atom stereocenters. The molecule has 0 spiro atoms. The molecule has 3 rings (SSSR count). The number of hydrogen-bond donors (Lipinski definition) is 1. The third-order valence-corrected chi connectivity index (χ3v) is 4.45. The van der Waals surface area contributed by atoms with E-state index in [9.17, 15) is 5.11 Å². The first-order valence-electron chi connectivity index (χ1n) is 7.56. The van der Waals surface area contributed by atoms with Gasteiger partial charge in [-0.3, -0.25) is 4.68 Å². The van der Waals surface area contributed by atoms with Gasteiger partial charge in [-0.15, -0.1) is 10.2 Å². The molecule has 0 radical (unpaired) electrons. The summed E-state index contributed by atoms with van der Waals surface area (Å²) < 4.78 is 3.79. The largest absolute Gasteiger partial charge is 0.388 e. The Morgan fingerprint density at radius 1 is 1.36 bits per heavy atom. The molecule has 0 amide bonds. The van der Waals surface area contributed by atoms with E-state index < -0.39 is 0 Å². The Labute approximate surface area is 134 Å². The van der Waals surface area contributed by atoms with E-state index in [1.165, 1.54) is 0 Å². The van der Waals surface area contributed by atoms with Crippen LogP contribution in [0.3, 0.4) is 0 Å². The minimum atomic E-state index is -0.0695. The van der Waals surface area contributed by atoms with Gasteiger partial charge in [0, 0.05) is 32.3 Å². The molecule has 2 aromatic rings. The van der Waals surface area contributed by atoms with Crippen LogP contribution in [0, 0.1) is 0 Å². The van der Waals surface area contributed by atoms with Crippen molar-refractivity contribution in [2.45, 2.75) is 31.9 Å². The van der Waals surface area contributed by atoms with E-state index in [4.69, 9.17) is 11.6 Å². The highest BCUT2D eigenvalue weighted by Crippen LogP contribution is 2.25. The third kappa shape index (κ3) is 3.31. The quantitative estimate of drug-likeness (QED) is 0.889. The molecule has 0 saturated carbocycles. The molecule has 1 aliphatic rings. The first-order valence-corrected chi connectivity index (χ1v) is 7.94. The number of halogens is 1. The minimum Gasteiger partial charge on any atom is -0.388 e. The Bertz CT molecular complexity index is 625. The molecule has 1 saturated heterocycles. The van der Waals surface area contributed by atoms with Crippen LogP contribution in [-0.2, 0) is 20.2 Å². The molecule has 1 N–H and O–H groups in total. The second-order valence-corrected chi connectivity index (χ2v) is 6.19. The van der Waals surface area contributed by atoms with Gasteiger partial charge in [-0.25, -0.2) is 0 Å². The maximum Gasteiger partial charge on any atom is 0.158 e. The fraction of sp³-hybridized carbons (Fsp3) is 0.643. The number of nitrogens with zero attached hydrogens (tertiary/aromatic N) is 6. The highest BCUT2D eigenvalue weighted by atomic mass is 35.5. The average molecular weight is 325 g/mol. The normalized spacial score (nSPS) is 19.7. The number of aliphatic hydroxyl groups is 1. The summed E-state index contributed by atoms with van der Waals surface area (Å²) in [4.78, 5) is 2.43. The van der Waals surface area contributed by atoms with Crippen LogP contribution in [0.1, 0.15) is 30.4 Å². The zero-order valence-corrected chi connectivity index (χ0v) is 13.4. The zero-order valence-electron chi connectivity index (χ0n) is 12.7. The second-order valence-electron chi connectivity index (χ2n) is 5.75. The fourth-order valence-electron chi connectivity index (χ4n) is 3.04. The highest BCUT2D eigenvalue weighted by Gasteiger charge is 2.25. The van der Waals surface area contributed by atoms with Crippen molar-refractivity contribution in [2.24, 2.45) is 7.05 Å². The van der Waals surface area contributed by atoms with Crippen LogP contribution in [0.2, 0.25) is 5.02 Å². The van der Waals surface area contributed by atoms with Crippen LogP contribution < -0.4 is 0 Å². The van der Waals surface area contributed by atoms with E-state index in [1.54, 1.807) is 6.20 Å². The lowest BCUT2D eigenvalue weighted by atomic mass is 9.97. The monoisotopic (exact) mass is 324 g/mol. The van der Waals surface area contributed by atoms with Crippen molar-refractivity contribution < 1.29 is 5.11 Å². The zero-order chi connectivity index (χ0) is 15.5. The van der Waals surface area contributed by atoms with Gasteiger partial charge in [0.1, 0.15) is 12.4 Å². The summed E-state index contributed by atoms with van der Waals surface area (Å²) in [5.74, 6) is 1.96. The summed E-state index contributed by atoms with van der Waals surface area (Å²) in [6.45, 7) is 3.77. The summed E-state index contributed by atoms with van der Waals surface area (Å²) in [6.07, 6.45) is 5.77. The molecule has 120 valence electrons. The predicted octanol–water partition coefficient (Wildman–Crippen LogP) is 1.04. The first kappa shape index (κ1) is 15.5. The lowest BCUT2D eigenvalue weighted by molar-refractivity contribution is 0.193. The second kappa shape index (κ2) is 6.76. The van der Waals surface area contributed by atoms with Gasteiger partial charge in [-0.1, -0.05) is 11.6 Å². The standard InChI is InChI=1S/C14H21ClN6O/c1-19-13(10-22)17-18-14(19)11-3-2-4-20(8-11)5-6-21-9-12(15)7-16-21/h7,9,11,22H,2-6,8,10H2,1H3. The summed E-state index contributed by atoms with van der Waals surface area (Å²) in [6, 6.07) is 0. The van der Waals surface area contributed by atoms with E-state index in [-0.39, 0.29) is 6.61 Å². The lowest BCUT2D eigenvalue weighted by Crippen LogP contribution is -2.37. The molecule has 1 fully saturated rings. The molecule has 0 aromatic carbocycles. The van der Waals surface area contributed by atoms with E-state index in [0.29, 0.717) is 16.8 Å². The average Bonchev–Trinajstić information content (AvgIpc) is 3.11. The van der Waals surface area contributed by atoms with Crippen molar-refractivity contribution in [1.29, 1.82) is 0 Å². The Morgan fingerprint density at radius 2 is 2.23 bits per heavy atom. The predicted molar refractivity (Wildman–Crippen MR) is 82.6 cm³/mol. The molecule has 8 heteroatoms. The van der Waals surface area contributed by atoms with Crippen LogP contribution in [0.25, 0.3) is 0 Å². The van der Waals surface area contributed by atoms with Gasteiger partial charge >= 0.3 is 0 Å². The fourth-order valence-corrected chi connectivity index (χ4v) is 3.20. The molecule has 1 unspecified atom stereocenters. The molecule has 3 heterocycles. The van der Waals surface area contributed by atoms with E-state index in [2.05, 4.69) is 20.2 Å². The van der Waals surface area contributed by atoms with Gasteiger partial charge in [0.2, 0.25) is 0 Å². The molecule has 2 aromatic heterocycles. The molecule has 22 heavy (non-hydrogen) atoms. The van der Waals surface area contributed by atoms with Crippen LogP contribution in [-0.4, -0.2) is 54.2 Å². The molecule has 7 nitrogen and oxygen atoms in total. The Kier molecular flexibility index (Phi) is 4.75. The maximum absolute atomic E-state index is 9.24. The Balaban J connectivity index is 1.60.